The van der Waals surface area contributed by atoms with Crippen molar-refractivity contribution in [2.75, 3.05) is 32.7 Å². The lowest BCUT2D eigenvalue weighted by Gasteiger charge is -2.34. The summed E-state index contributed by atoms with van der Waals surface area (Å²) in [6.07, 6.45) is 0. The van der Waals surface area contributed by atoms with E-state index in [0.29, 0.717) is 22.8 Å². The maximum Gasteiger partial charge on any atom is 0.251 e. The van der Waals surface area contributed by atoms with Gasteiger partial charge < -0.3 is 19.5 Å². The quantitative estimate of drug-likeness (QED) is 0.531. The highest BCUT2D eigenvalue weighted by Gasteiger charge is 2.34. The number of nitrogens with zero attached hydrogens (tertiary/aromatic N) is 3. The summed E-state index contributed by atoms with van der Waals surface area (Å²) in [5, 5.41) is 6.34. The number of para-hydroxylation sites is 1. The molecule has 4 rings (SSSR count). The van der Waals surface area contributed by atoms with Gasteiger partial charge in [0.2, 0.25) is 15.9 Å². The maximum absolute atomic E-state index is 12.9. The van der Waals surface area contributed by atoms with Crippen molar-refractivity contribution < 1.29 is 27.3 Å². The fourth-order valence-electron chi connectivity index (χ4n) is 3.82. The van der Waals surface area contributed by atoms with Crippen LogP contribution in [0.4, 0.5) is 0 Å². The van der Waals surface area contributed by atoms with Crippen molar-refractivity contribution in [3.05, 3.63) is 71.6 Å². The zero-order valence-electron chi connectivity index (χ0n) is 19.4. The van der Waals surface area contributed by atoms with Crippen molar-refractivity contribution in [1.29, 1.82) is 0 Å². The summed E-state index contributed by atoms with van der Waals surface area (Å²) < 4.78 is 37.9. The Morgan fingerprint density at radius 1 is 0.971 bits per heavy atom. The van der Waals surface area contributed by atoms with E-state index in [0.717, 1.165) is 0 Å². The predicted molar refractivity (Wildman–Crippen MR) is 127 cm³/mol. The van der Waals surface area contributed by atoms with E-state index < -0.39 is 10.0 Å². The summed E-state index contributed by atoms with van der Waals surface area (Å²) >= 11 is 0. The minimum atomic E-state index is -3.76. The third-order valence-electron chi connectivity index (χ3n) is 5.65. The molecule has 1 fully saturated rings. The molecule has 184 valence electrons. The van der Waals surface area contributed by atoms with Crippen molar-refractivity contribution in [2.45, 2.75) is 18.7 Å². The summed E-state index contributed by atoms with van der Waals surface area (Å²) in [7, 11) is -3.76. The van der Waals surface area contributed by atoms with Crippen LogP contribution >= 0.6 is 0 Å². The number of aromatic nitrogens is 1. The number of aryl methyl sites for hydroxylation is 2. The van der Waals surface area contributed by atoms with Crippen molar-refractivity contribution in [3.8, 4) is 11.5 Å². The molecule has 1 aliphatic rings. The van der Waals surface area contributed by atoms with Crippen LogP contribution < -0.4 is 10.1 Å². The zero-order valence-corrected chi connectivity index (χ0v) is 20.2. The fraction of sp³-hybridized carbons (Fsp3) is 0.292. The number of benzene rings is 2. The van der Waals surface area contributed by atoms with Crippen LogP contribution in [0.25, 0.3) is 0 Å². The molecule has 0 radical (unpaired) electrons. The van der Waals surface area contributed by atoms with Gasteiger partial charge in [-0.2, -0.15) is 4.31 Å². The summed E-state index contributed by atoms with van der Waals surface area (Å²) in [5.41, 5.74) is 0.706. The third-order valence-corrected chi connectivity index (χ3v) is 7.80. The molecule has 2 aromatic carbocycles. The van der Waals surface area contributed by atoms with Gasteiger partial charge in [-0.15, -0.1) is 0 Å². The van der Waals surface area contributed by atoms with E-state index in [-0.39, 0.29) is 55.2 Å². The highest BCUT2D eigenvalue weighted by molar-refractivity contribution is 7.89. The molecular formula is C24H26N4O6S. The van der Waals surface area contributed by atoms with Gasteiger partial charge in [-0.1, -0.05) is 23.4 Å². The smallest absolute Gasteiger partial charge is 0.251 e. The van der Waals surface area contributed by atoms with Gasteiger partial charge in [-0.25, -0.2) is 8.42 Å². The highest BCUT2D eigenvalue weighted by atomic mass is 32.2. The Morgan fingerprint density at radius 3 is 2.20 bits per heavy atom. The number of hydrogen-bond acceptors (Lipinski definition) is 7. The van der Waals surface area contributed by atoms with Crippen LogP contribution in [-0.4, -0.2) is 67.3 Å². The number of ether oxygens (including phenoxy) is 1. The van der Waals surface area contributed by atoms with Crippen molar-refractivity contribution in [2.24, 2.45) is 0 Å². The molecule has 0 bridgehead atoms. The lowest BCUT2D eigenvalue weighted by molar-refractivity contribution is -0.131. The molecule has 0 aliphatic carbocycles. The van der Waals surface area contributed by atoms with Crippen molar-refractivity contribution >= 4 is 21.8 Å². The molecule has 0 saturated carbocycles. The van der Waals surface area contributed by atoms with Gasteiger partial charge in [-0.3, -0.25) is 9.59 Å². The standard InChI is InChI=1S/C24H26N4O6S/c1-17-23(18(2)34-26-17)35(31,32)28-14-12-27(13-15-28)22(29)16-25-24(30)19-8-10-21(11-9-19)33-20-6-4-3-5-7-20/h3-11H,12-16H2,1-2H3,(H,25,30). The molecule has 1 saturated heterocycles. The summed E-state index contributed by atoms with van der Waals surface area (Å²) in [6.45, 7) is 3.70. The first-order valence-electron chi connectivity index (χ1n) is 11.1. The summed E-state index contributed by atoms with van der Waals surface area (Å²) in [5.74, 6) is 0.854. The molecule has 1 aliphatic heterocycles. The number of piperazine rings is 1. The maximum atomic E-state index is 12.9. The van der Waals surface area contributed by atoms with E-state index in [1.54, 1.807) is 38.1 Å². The van der Waals surface area contributed by atoms with Crippen molar-refractivity contribution in [1.82, 2.24) is 19.7 Å². The van der Waals surface area contributed by atoms with Crippen molar-refractivity contribution in [3.63, 3.8) is 0 Å². The lowest BCUT2D eigenvalue weighted by atomic mass is 10.2. The van der Waals surface area contributed by atoms with Crippen LogP contribution in [0.3, 0.4) is 0 Å². The average Bonchev–Trinajstić information content (AvgIpc) is 3.22. The second-order valence-electron chi connectivity index (χ2n) is 8.06. The molecule has 2 amide bonds. The van der Waals surface area contributed by atoms with Crippen LogP contribution in [-0.2, 0) is 14.8 Å². The molecule has 1 aromatic heterocycles. The number of carbonyl (C=O) groups excluding carboxylic acids is 2. The summed E-state index contributed by atoms with van der Waals surface area (Å²) in [4.78, 5) is 26.6. The Labute approximate surface area is 203 Å². The monoisotopic (exact) mass is 498 g/mol. The van der Waals surface area contributed by atoms with E-state index in [4.69, 9.17) is 9.26 Å². The molecule has 35 heavy (non-hydrogen) atoms. The SMILES string of the molecule is Cc1noc(C)c1S(=O)(=O)N1CCN(C(=O)CNC(=O)c2ccc(Oc3ccccc3)cc2)CC1. The molecule has 1 N–H and O–H groups in total. The minimum Gasteiger partial charge on any atom is -0.457 e. The van der Waals surface area contributed by atoms with E-state index in [2.05, 4.69) is 10.5 Å². The van der Waals surface area contributed by atoms with Gasteiger partial charge in [0.05, 0.1) is 6.54 Å². The van der Waals surface area contributed by atoms with Gasteiger partial charge in [0.15, 0.2) is 5.76 Å². The average molecular weight is 499 g/mol. The minimum absolute atomic E-state index is 0.0738. The van der Waals surface area contributed by atoms with Gasteiger partial charge >= 0.3 is 0 Å². The van der Waals surface area contributed by atoms with Crippen LogP contribution in [0.2, 0.25) is 0 Å². The van der Waals surface area contributed by atoms with E-state index in [9.17, 15) is 18.0 Å². The number of carbonyl (C=O) groups is 2. The number of amides is 2. The highest BCUT2D eigenvalue weighted by Crippen LogP contribution is 2.24. The van der Waals surface area contributed by atoms with Crippen LogP contribution in [0.1, 0.15) is 21.8 Å². The number of sulfonamides is 1. The third kappa shape index (κ3) is 5.52. The van der Waals surface area contributed by atoms with E-state index in [1.165, 1.54) is 9.21 Å². The number of rotatable bonds is 7. The van der Waals surface area contributed by atoms with Gasteiger partial charge in [0.25, 0.3) is 5.91 Å². The van der Waals surface area contributed by atoms with E-state index in [1.807, 2.05) is 30.3 Å². The molecule has 10 nitrogen and oxygen atoms in total. The molecule has 0 unspecified atom stereocenters. The van der Waals surface area contributed by atoms with Crippen LogP contribution in [0.15, 0.2) is 64.0 Å². The van der Waals surface area contributed by atoms with Crippen LogP contribution in [0.5, 0.6) is 11.5 Å². The van der Waals surface area contributed by atoms with Gasteiger partial charge in [0.1, 0.15) is 22.1 Å². The van der Waals surface area contributed by atoms with E-state index >= 15 is 0 Å². The number of hydrogen-bond donors (Lipinski definition) is 1. The molecule has 2 heterocycles. The van der Waals surface area contributed by atoms with Gasteiger partial charge in [-0.05, 0) is 50.2 Å². The fourth-order valence-corrected chi connectivity index (χ4v) is 5.53. The number of nitrogens with one attached hydrogen (secondary N) is 1. The predicted octanol–water partition coefficient (Wildman–Crippen LogP) is 2.35. The first kappa shape index (κ1) is 24.4. The lowest BCUT2D eigenvalue weighted by Crippen LogP contribution is -2.52. The Hall–Kier alpha value is -3.70. The Morgan fingerprint density at radius 2 is 1.60 bits per heavy atom. The van der Waals surface area contributed by atoms with Crippen LogP contribution in [0, 0.1) is 13.8 Å². The Kier molecular flexibility index (Phi) is 7.17. The molecule has 11 heteroatoms. The molecule has 3 aromatic rings. The molecular weight excluding hydrogens is 472 g/mol. The normalized spacial score (nSPS) is 14.5. The largest absolute Gasteiger partial charge is 0.457 e. The second-order valence-corrected chi connectivity index (χ2v) is 9.94. The van der Waals surface area contributed by atoms with Gasteiger partial charge in [0, 0.05) is 31.7 Å². The molecule has 0 atom stereocenters. The Bertz CT molecular complexity index is 1280. The first-order valence-corrected chi connectivity index (χ1v) is 12.5. The molecule has 0 spiro atoms. The zero-order chi connectivity index (χ0) is 25.0. The Balaban J connectivity index is 1.27. The second kappa shape index (κ2) is 10.3. The first-order chi connectivity index (χ1) is 16.8. The summed E-state index contributed by atoms with van der Waals surface area (Å²) in [6, 6.07) is 15.9. The topological polar surface area (TPSA) is 122 Å².